The zero-order valence-corrected chi connectivity index (χ0v) is 14.3. The Kier molecular flexibility index (Phi) is 8.24. The Morgan fingerprint density at radius 1 is 0.700 bits per heavy atom. The van der Waals surface area contributed by atoms with Gasteiger partial charge in [-0.3, -0.25) is 0 Å². The van der Waals surface area contributed by atoms with Crippen molar-refractivity contribution in [2.75, 3.05) is 0 Å². The molecule has 0 saturated heterocycles. The molecule has 0 unspecified atom stereocenters. The molecule has 1 N–H and O–H groups in total. The Hall–Kier alpha value is 0.150. The van der Waals surface area contributed by atoms with Gasteiger partial charge in [-0.1, -0.05) is 36.4 Å². The van der Waals surface area contributed by atoms with E-state index in [-0.39, 0.29) is 0 Å². The third-order valence-electron chi connectivity index (χ3n) is 1.94. The first kappa shape index (κ1) is 16.5. The molecule has 0 aliphatic heterocycles. The van der Waals surface area contributed by atoms with Crippen molar-refractivity contribution in [1.82, 2.24) is 0 Å². The Morgan fingerprint density at radius 2 is 1.10 bits per heavy atom. The van der Waals surface area contributed by atoms with Crippen LogP contribution in [0.1, 0.15) is 0 Å². The molecule has 0 amide bonds. The number of rotatable bonds is 8. The molecule has 106 valence electrons. The summed E-state index contributed by atoms with van der Waals surface area (Å²) in [6.45, 7) is 0. The molecule has 0 aliphatic rings. The third-order valence-corrected chi connectivity index (χ3v) is 7.17. The van der Waals surface area contributed by atoms with Gasteiger partial charge in [-0.15, -0.1) is 0 Å². The second kappa shape index (κ2) is 9.97. The zero-order chi connectivity index (χ0) is 14.0. The highest BCUT2D eigenvalue weighted by atomic mass is 33.1. The van der Waals surface area contributed by atoms with Crippen LogP contribution in [-0.2, 0) is 7.94 Å². The molecule has 0 saturated carbocycles. The molecule has 2 rings (SSSR count). The van der Waals surface area contributed by atoms with Crippen molar-refractivity contribution in [2.24, 2.45) is 0 Å². The molecule has 0 fully saturated rings. The van der Waals surface area contributed by atoms with Crippen LogP contribution < -0.4 is 0 Å². The second-order valence-electron chi connectivity index (χ2n) is 3.32. The highest BCUT2D eigenvalue weighted by molar-refractivity contribution is 8.76. The van der Waals surface area contributed by atoms with Crippen LogP contribution in [-0.4, -0.2) is 4.89 Å². The van der Waals surface area contributed by atoms with Gasteiger partial charge in [-0.25, -0.2) is 7.94 Å². The van der Waals surface area contributed by atoms with E-state index >= 15 is 0 Å². The predicted molar refractivity (Wildman–Crippen MR) is 91.1 cm³/mol. The highest BCUT2D eigenvalue weighted by Gasteiger charge is 2.10. The van der Waals surface area contributed by atoms with Crippen LogP contribution in [0.15, 0.2) is 70.5 Å². The second-order valence-corrected chi connectivity index (χ2v) is 8.35. The van der Waals surface area contributed by atoms with Gasteiger partial charge in [-0.2, -0.15) is 0 Å². The van der Waals surface area contributed by atoms with Crippen molar-refractivity contribution in [3.63, 3.8) is 0 Å². The van der Waals surface area contributed by atoms with E-state index < -0.39 is 8.60 Å². The van der Waals surface area contributed by atoms with Crippen molar-refractivity contribution >= 4 is 52.3 Å². The maximum Gasteiger partial charge on any atom is 0.355 e. The molecule has 8 heteroatoms. The molecule has 0 spiro atoms. The molecular formula is C12H11O3PS4. The van der Waals surface area contributed by atoms with Crippen LogP contribution in [0.3, 0.4) is 0 Å². The molecule has 0 heterocycles. The highest BCUT2D eigenvalue weighted by Crippen LogP contribution is 2.50. The van der Waals surface area contributed by atoms with Crippen LogP contribution in [0.5, 0.6) is 0 Å². The molecule has 0 aliphatic carbocycles. The summed E-state index contributed by atoms with van der Waals surface area (Å²) in [7, 11) is 0.978. The SMILES string of the molecule is OP(OSSc1ccccc1)OSSc1ccccc1. The molecule has 0 radical (unpaired) electrons. The maximum absolute atomic E-state index is 9.56. The smallest absolute Gasteiger partial charge is 0.327 e. The first-order valence-electron chi connectivity index (χ1n) is 5.46. The normalized spacial score (nSPS) is 10.9. The van der Waals surface area contributed by atoms with E-state index in [2.05, 4.69) is 0 Å². The van der Waals surface area contributed by atoms with E-state index in [9.17, 15) is 4.89 Å². The number of hydrogen-bond donors (Lipinski definition) is 1. The van der Waals surface area contributed by atoms with Gasteiger partial charge in [-0.05, 0) is 45.9 Å². The molecule has 0 aromatic heterocycles. The zero-order valence-electron chi connectivity index (χ0n) is 10.1. The van der Waals surface area contributed by atoms with Gasteiger partial charge in [0.05, 0.1) is 22.1 Å². The molecule has 3 nitrogen and oxygen atoms in total. The maximum atomic E-state index is 9.56. The van der Waals surface area contributed by atoms with Crippen molar-refractivity contribution in [2.45, 2.75) is 9.79 Å². The summed E-state index contributed by atoms with van der Waals surface area (Å²) in [6.07, 6.45) is 0. The molecule has 0 bridgehead atoms. The molecule has 0 atom stereocenters. The van der Waals surface area contributed by atoms with Crippen LogP contribution in [0.25, 0.3) is 0 Å². The van der Waals surface area contributed by atoms with Crippen molar-refractivity contribution in [1.29, 1.82) is 0 Å². The van der Waals surface area contributed by atoms with Gasteiger partial charge in [0.2, 0.25) is 0 Å². The average Bonchev–Trinajstić information content (AvgIpc) is 2.49. The van der Waals surface area contributed by atoms with E-state index in [1.54, 1.807) is 0 Å². The average molecular weight is 362 g/mol. The van der Waals surface area contributed by atoms with Gasteiger partial charge in [0.1, 0.15) is 0 Å². The minimum absolute atomic E-state index is 1.06. The Labute approximate surface area is 135 Å². The quantitative estimate of drug-likeness (QED) is 0.353. The van der Waals surface area contributed by atoms with Gasteiger partial charge in [0.15, 0.2) is 0 Å². The first-order valence-corrected chi connectivity index (χ1v) is 10.7. The molecule has 2 aromatic carbocycles. The topological polar surface area (TPSA) is 38.7 Å². The monoisotopic (exact) mass is 362 g/mol. The minimum atomic E-state index is -1.89. The Balaban J connectivity index is 1.58. The fraction of sp³-hybridized carbons (Fsp3) is 0. The lowest BCUT2D eigenvalue weighted by Crippen LogP contribution is -1.73. The summed E-state index contributed by atoms with van der Waals surface area (Å²) in [5.74, 6) is 0. The van der Waals surface area contributed by atoms with Gasteiger partial charge in [0, 0.05) is 9.79 Å². The standard InChI is InChI=1S/C12H11O3PS4/c13-16(14-19-17-11-7-3-1-4-8-11)15-20-18-12-9-5-2-6-10-12/h1-10,13H. The van der Waals surface area contributed by atoms with Crippen LogP contribution in [0, 0.1) is 0 Å². The molecule has 20 heavy (non-hydrogen) atoms. The van der Waals surface area contributed by atoms with E-state index in [4.69, 9.17) is 7.94 Å². The van der Waals surface area contributed by atoms with Crippen molar-refractivity contribution in [3.05, 3.63) is 60.7 Å². The van der Waals surface area contributed by atoms with Crippen LogP contribution in [0.4, 0.5) is 0 Å². The third kappa shape index (κ3) is 6.74. The minimum Gasteiger partial charge on any atom is -0.327 e. The largest absolute Gasteiger partial charge is 0.355 e. The van der Waals surface area contributed by atoms with E-state index in [1.807, 2.05) is 60.7 Å². The van der Waals surface area contributed by atoms with Crippen LogP contribution in [0.2, 0.25) is 0 Å². The fourth-order valence-electron chi connectivity index (χ4n) is 1.13. The summed E-state index contributed by atoms with van der Waals surface area (Å²) < 4.78 is 10.3. The number of benzene rings is 2. The van der Waals surface area contributed by atoms with Gasteiger partial charge in [0.25, 0.3) is 0 Å². The Morgan fingerprint density at radius 3 is 1.50 bits per heavy atom. The van der Waals surface area contributed by atoms with Gasteiger partial charge < -0.3 is 4.89 Å². The summed E-state index contributed by atoms with van der Waals surface area (Å²) in [6, 6.07) is 19.6. The Bertz CT molecular complexity index is 443. The van der Waals surface area contributed by atoms with Crippen molar-refractivity contribution in [3.8, 4) is 0 Å². The summed E-state index contributed by atoms with van der Waals surface area (Å²) in [5, 5.41) is 0. The summed E-state index contributed by atoms with van der Waals surface area (Å²) in [5.41, 5.74) is 0. The van der Waals surface area contributed by atoms with Crippen LogP contribution >= 0.6 is 52.3 Å². The van der Waals surface area contributed by atoms with E-state index in [0.29, 0.717) is 0 Å². The molecule has 2 aromatic rings. The lowest BCUT2D eigenvalue weighted by atomic mass is 10.4. The van der Waals surface area contributed by atoms with Crippen molar-refractivity contribution < 1.29 is 12.8 Å². The lowest BCUT2D eigenvalue weighted by Gasteiger charge is -2.07. The fourth-order valence-corrected chi connectivity index (χ4v) is 5.43. The van der Waals surface area contributed by atoms with Gasteiger partial charge >= 0.3 is 8.60 Å². The predicted octanol–water partition coefficient (Wildman–Crippen LogP) is 5.95. The summed E-state index contributed by atoms with van der Waals surface area (Å²) in [4.78, 5) is 11.7. The first-order chi connectivity index (χ1) is 9.84. The van der Waals surface area contributed by atoms with E-state index in [1.165, 1.54) is 21.6 Å². The van der Waals surface area contributed by atoms with E-state index in [0.717, 1.165) is 31.9 Å². The lowest BCUT2D eigenvalue weighted by molar-refractivity contribution is 0.435. The molecular weight excluding hydrogens is 351 g/mol. The summed E-state index contributed by atoms with van der Waals surface area (Å²) >= 11 is 2.22. The number of hydrogen-bond acceptors (Lipinski definition) is 7.